The van der Waals surface area contributed by atoms with Gasteiger partial charge in [-0.3, -0.25) is 14.4 Å². The molecule has 2 aliphatic rings. The van der Waals surface area contributed by atoms with E-state index in [1.165, 1.54) is 5.56 Å². The van der Waals surface area contributed by atoms with Crippen LogP contribution in [0.1, 0.15) is 52.0 Å². The van der Waals surface area contributed by atoms with Crippen LogP contribution in [0.5, 0.6) is 5.75 Å². The fourth-order valence-electron chi connectivity index (χ4n) is 5.45. The third kappa shape index (κ3) is 6.14. The number of rotatable bonds is 8. The summed E-state index contributed by atoms with van der Waals surface area (Å²) < 4.78 is 5.84. The van der Waals surface area contributed by atoms with Crippen molar-refractivity contribution in [1.82, 2.24) is 9.80 Å². The summed E-state index contributed by atoms with van der Waals surface area (Å²) in [5.74, 6) is 0.884. The van der Waals surface area contributed by atoms with Crippen LogP contribution in [-0.4, -0.2) is 66.9 Å². The number of hydrogen-bond donors (Lipinski definition) is 0. The van der Waals surface area contributed by atoms with Gasteiger partial charge in [0.1, 0.15) is 5.75 Å². The standard InChI is InChI=1S/C32H35N3O4/c1-33(31(37)25-9-3-2-4-10-25)20-7-23-39-28-15-12-26(13-16-28)32(38)34-21-18-27(19-22-34)35-29-11-6-5-8-24(29)14-17-30(35)36/h2-6,8-13,15-16,27H,7,14,17-23H2,1H3. The first kappa shape index (κ1) is 26.5. The van der Waals surface area contributed by atoms with Gasteiger partial charge in [0, 0.05) is 56.0 Å². The fourth-order valence-corrected chi connectivity index (χ4v) is 5.45. The second-order valence-corrected chi connectivity index (χ2v) is 10.2. The first-order chi connectivity index (χ1) is 19.0. The maximum absolute atomic E-state index is 13.1. The van der Waals surface area contributed by atoms with Crippen LogP contribution in [0.2, 0.25) is 0 Å². The molecule has 5 rings (SSSR count). The molecule has 1 saturated heterocycles. The zero-order valence-corrected chi connectivity index (χ0v) is 22.4. The highest BCUT2D eigenvalue weighted by molar-refractivity contribution is 5.97. The second kappa shape index (κ2) is 12.2. The lowest BCUT2D eigenvalue weighted by atomic mass is 9.95. The van der Waals surface area contributed by atoms with E-state index in [9.17, 15) is 14.4 Å². The van der Waals surface area contributed by atoms with Crippen molar-refractivity contribution in [2.45, 2.75) is 38.1 Å². The summed E-state index contributed by atoms with van der Waals surface area (Å²) in [6, 6.07) is 24.8. The van der Waals surface area contributed by atoms with Crippen molar-refractivity contribution in [3.63, 3.8) is 0 Å². The quantitative estimate of drug-likeness (QED) is 0.396. The normalized spacial score (nSPS) is 15.6. The molecule has 0 unspecified atom stereocenters. The van der Waals surface area contributed by atoms with Gasteiger partial charge >= 0.3 is 0 Å². The van der Waals surface area contributed by atoms with Gasteiger partial charge in [-0.25, -0.2) is 0 Å². The molecule has 3 amide bonds. The molecule has 2 aliphatic heterocycles. The number of amides is 3. The summed E-state index contributed by atoms with van der Waals surface area (Å²) in [7, 11) is 1.79. The Morgan fingerprint density at radius 1 is 0.872 bits per heavy atom. The van der Waals surface area contributed by atoms with Crippen LogP contribution in [-0.2, 0) is 11.2 Å². The molecule has 0 bridgehead atoms. The van der Waals surface area contributed by atoms with E-state index in [1.54, 1.807) is 24.1 Å². The van der Waals surface area contributed by atoms with Crippen LogP contribution >= 0.6 is 0 Å². The molecule has 3 aromatic carbocycles. The van der Waals surface area contributed by atoms with Crippen molar-refractivity contribution in [3.05, 3.63) is 95.6 Å². The molecule has 0 spiro atoms. The number of hydrogen-bond acceptors (Lipinski definition) is 4. The maximum Gasteiger partial charge on any atom is 0.253 e. The van der Waals surface area contributed by atoms with Crippen molar-refractivity contribution >= 4 is 23.4 Å². The molecule has 0 aromatic heterocycles. The van der Waals surface area contributed by atoms with E-state index in [2.05, 4.69) is 6.07 Å². The number of benzene rings is 3. The summed E-state index contributed by atoms with van der Waals surface area (Å²) in [5.41, 5.74) is 3.57. The van der Waals surface area contributed by atoms with Crippen molar-refractivity contribution in [2.75, 3.05) is 38.2 Å². The van der Waals surface area contributed by atoms with E-state index >= 15 is 0 Å². The number of nitrogens with zero attached hydrogens (tertiary/aromatic N) is 3. The minimum absolute atomic E-state index is 0.00478. The number of carbonyl (C=O) groups excluding carboxylic acids is 3. The Morgan fingerprint density at radius 2 is 1.56 bits per heavy atom. The van der Waals surface area contributed by atoms with Crippen LogP contribution < -0.4 is 9.64 Å². The molecule has 0 radical (unpaired) electrons. The van der Waals surface area contributed by atoms with Gasteiger partial charge in [-0.05, 0) is 73.7 Å². The number of carbonyl (C=O) groups is 3. The Hall–Kier alpha value is -4.13. The number of piperidine rings is 1. The highest BCUT2D eigenvalue weighted by Crippen LogP contribution is 2.32. The van der Waals surface area contributed by atoms with Crippen LogP contribution in [0.25, 0.3) is 0 Å². The van der Waals surface area contributed by atoms with Crippen LogP contribution in [0, 0.1) is 0 Å². The minimum atomic E-state index is -0.00478. The monoisotopic (exact) mass is 525 g/mol. The lowest BCUT2D eigenvalue weighted by Gasteiger charge is -2.41. The van der Waals surface area contributed by atoms with Gasteiger partial charge in [0.15, 0.2) is 0 Å². The predicted octanol–water partition coefficient (Wildman–Crippen LogP) is 4.81. The smallest absolute Gasteiger partial charge is 0.253 e. The third-order valence-corrected chi connectivity index (χ3v) is 7.62. The van der Waals surface area contributed by atoms with Crippen molar-refractivity contribution in [1.29, 1.82) is 0 Å². The Bertz CT molecular complexity index is 1300. The predicted molar refractivity (Wildman–Crippen MR) is 151 cm³/mol. The first-order valence-electron chi connectivity index (χ1n) is 13.7. The van der Waals surface area contributed by atoms with E-state index in [0.717, 1.165) is 24.9 Å². The Kier molecular flexibility index (Phi) is 8.25. The fraction of sp³-hybridized carbons (Fsp3) is 0.344. The lowest BCUT2D eigenvalue weighted by Crippen LogP contribution is -2.50. The molecule has 1 fully saturated rings. The molecule has 0 aliphatic carbocycles. The number of likely N-dealkylation sites (tertiary alicyclic amines) is 1. The third-order valence-electron chi connectivity index (χ3n) is 7.62. The molecule has 202 valence electrons. The summed E-state index contributed by atoms with van der Waals surface area (Å²) >= 11 is 0. The van der Waals surface area contributed by atoms with Gasteiger partial charge < -0.3 is 19.4 Å². The average molecular weight is 526 g/mol. The number of aryl methyl sites for hydroxylation is 1. The van der Waals surface area contributed by atoms with Gasteiger partial charge in [0.05, 0.1) is 6.61 Å². The lowest BCUT2D eigenvalue weighted by molar-refractivity contribution is -0.119. The molecule has 0 atom stereocenters. The molecule has 0 saturated carbocycles. The summed E-state index contributed by atoms with van der Waals surface area (Å²) in [6.45, 7) is 2.33. The average Bonchev–Trinajstić information content (AvgIpc) is 2.99. The van der Waals surface area contributed by atoms with Crippen molar-refractivity contribution in [2.24, 2.45) is 0 Å². The van der Waals surface area contributed by atoms with E-state index in [4.69, 9.17) is 4.74 Å². The molecule has 2 heterocycles. The van der Waals surface area contributed by atoms with Gasteiger partial charge in [-0.15, -0.1) is 0 Å². The first-order valence-corrected chi connectivity index (χ1v) is 13.7. The van der Waals surface area contributed by atoms with Crippen LogP contribution in [0.3, 0.4) is 0 Å². The Balaban J connectivity index is 1.08. The highest BCUT2D eigenvalue weighted by Gasteiger charge is 2.33. The van der Waals surface area contributed by atoms with E-state index < -0.39 is 0 Å². The largest absolute Gasteiger partial charge is 0.494 e. The molecule has 0 N–H and O–H groups in total. The SMILES string of the molecule is CN(CCCOc1ccc(C(=O)N2CCC(N3C(=O)CCc4ccccc43)CC2)cc1)C(=O)c1ccccc1. The summed E-state index contributed by atoms with van der Waals surface area (Å²) in [6.07, 6.45) is 3.60. The molecule has 39 heavy (non-hydrogen) atoms. The van der Waals surface area contributed by atoms with Gasteiger partial charge in [0.25, 0.3) is 11.8 Å². The highest BCUT2D eigenvalue weighted by atomic mass is 16.5. The molecular formula is C32H35N3O4. The van der Waals surface area contributed by atoms with E-state index in [1.807, 2.05) is 70.5 Å². The zero-order valence-electron chi connectivity index (χ0n) is 22.4. The second-order valence-electron chi connectivity index (χ2n) is 10.2. The summed E-state index contributed by atoms with van der Waals surface area (Å²) in [4.78, 5) is 43.9. The van der Waals surface area contributed by atoms with Gasteiger partial charge in [-0.1, -0.05) is 36.4 Å². The number of fused-ring (bicyclic) bond motifs is 1. The Labute approximate surface area is 230 Å². The van der Waals surface area contributed by atoms with Crippen LogP contribution in [0.15, 0.2) is 78.9 Å². The number of para-hydroxylation sites is 1. The number of ether oxygens (including phenoxy) is 1. The molecule has 3 aromatic rings. The minimum Gasteiger partial charge on any atom is -0.494 e. The topological polar surface area (TPSA) is 70.2 Å². The molecule has 7 heteroatoms. The van der Waals surface area contributed by atoms with E-state index in [-0.39, 0.29) is 23.8 Å². The van der Waals surface area contributed by atoms with Crippen molar-refractivity contribution in [3.8, 4) is 5.75 Å². The summed E-state index contributed by atoms with van der Waals surface area (Å²) in [5, 5.41) is 0. The van der Waals surface area contributed by atoms with Crippen molar-refractivity contribution < 1.29 is 19.1 Å². The van der Waals surface area contributed by atoms with Gasteiger partial charge in [0.2, 0.25) is 5.91 Å². The molecule has 7 nitrogen and oxygen atoms in total. The zero-order chi connectivity index (χ0) is 27.2. The van der Waals surface area contributed by atoms with Gasteiger partial charge in [-0.2, -0.15) is 0 Å². The van der Waals surface area contributed by atoms with E-state index in [0.29, 0.717) is 56.0 Å². The number of anilines is 1. The molecular weight excluding hydrogens is 490 g/mol. The Morgan fingerprint density at radius 3 is 2.31 bits per heavy atom. The maximum atomic E-state index is 13.1. The van der Waals surface area contributed by atoms with Crippen LogP contribution in [0.4, 0.5) is 5.69 Å².